The van der Waals surface area contributed by atoms with E-state index in [1.54, 1.807) is 4.52 Å². The molecule has 0 unspecified atom stereocenters. The zero-order valence-electron chi connectivity index (χ0n) is 16.9. The van der Waals surface area contributed by atoms with E-state index >= 15 is 0 Å². The Kier molecular flexibility index (Phi) is 3.48. The van der Waals surface area contributed by atoms with Gasteiger partial charge < -0.3 is 0 Å². The smallest absolute Gasteiger partial charge is 0.253 e. The van der Waals surface area contributed by atoms with Crippen molar-refractivity contribution in [1.82, 2.24) is 39.1 Å². The average molecular weight is 388 g/mol. The van der Waals surface area contributed by atoms with Gasteiger partial charge in [0.1, 0.15) is 5.69 Å². The first-order valence-electron chi connectivity index (χ1n) is 10.4. The van der Waals surface area contributed by atoms with Crippen LogP contribution >= 0.6 is 0 Å². The summed E-state index contributed by atoms with van der Waals surface area (Å²) >= 11 is 0. The molecule has 0 bridgehead atoms. The molecule has 0 saturated heterocycles. The maximum Gasteiger partial charge on any atom is 0.253 e. The van der Waals surface area contributed by atoms with E-state index in [1.165, 1.54) is 18.4 Å². The van der Waals surface area contributed by atoms with Gasteiger partial charge >= 0.3 is 0 Å². The van der Waals surface area contributed by atoms with Gasteiger partial charge in [-0.1, -0.05) is 0 Å². The van der Waals surface area contributed by atoms with E-state index in [0.29, 0.717) is 29.5 Å². The standard InChI is InChI=1S/C21H24N8/c1-4-27-19(20-24-21-23-12(2)7-13(3)29(21)26-20)9-18(25-27)17-8-16(17)14-10-22-28(11-14)15-5-6-15/h7,9-11,15-17H,4-6,8H2,1-3H3/t16-,17+/m1/s1. The monoisotopic (exact) mass is 388 g/mol. The van der Waals surface area contributed by atoms with E-state index in [-0.39, 0.29) is 0 Å². The third kappa shape index (κ3) is 2.77. The molecule has 4 heterocycles. The van der Waals surface area contributed by atoms with Crippen LogP contribution in [0.1, 0.15) is 66.7 Å². The molecule has 6 rings (SSSR count). The number of aromatic nitrogens is 8. The third-order valence-electron chi connectivity index (χ3n) is 6.09. The number of rotatable bonds is 5. The van der Waals surface area contributed by atoms with Gasteiger partial charge in [-0.15, -0.1) is 5.10 Å². The van der Waals surface area contributed by atoms with Crippen molar-refractivity contribution in [2.45, 2.75) is 64.5 Å². The van der Waals surface area contributed by atoms with Crippen molar-refractivity contribution in [3.63, 3.8) is 0 Å². The minimum atomic E-state index is 0.456. The second-order valence-electron chi connectivity index (χ2n) is 8.39. The average Bonchev–Trinajstić information content (AvgIpc) is 3.56. The van der Waals surface area contributed by atoms with Crippen molar-refractivity contribution in [3.05, 3.63) is 47.2 Å². The lowest BCUT2D eigenvalue weighted by atomic mass is 10.1. The molecule has 0 aliphatic heterocycles. The predicted octanol–water partition coefficient (Wildman–Crippen LogP) is 3.43. The topological polar surface area (TPSA) is 78.7 Å². The molecule has 8 heteroatoms. The van der Waals surface area contributed by atoms with E-state index in [9.17, 15) is 0 Å². The van der Waals surface area contributed by atoms with Crippen LogP contribution in [0.3, 0.4) is 0 Å². The van der Waals surface area contributed by atoms with Gasteiger partial charge in [0, 0.05) is 30.0 Å². The molecule has 2 atom stereocenters. The highest BCUT2D eigenvalue weighted by Crippen LogP contribution is 2.54. The van der Waals surface area contributed by atoms with E-state index < -0.39 is 0 Å². The highest BCUT2D eigenvalue weighted by Gasteiger charge is 2.43. The lowest BCUT2D eigenvalue weighted by molar-refractivity contribution is 0.640. The van der Waals surface area contributed by atoms with Crippen molar-refractivity contribution < 1.29 is 0 Å². The third-order valence-corrected chi connectivity index (χ3v) is 6.09. The Morgan fingerprint density at radius 1 is 1.07 bits per heavy atom. The zero-order valence-corrected chi connectivity index (χ0v) is 16.9. The summed E-state index contributed by atoms with van der Waals surface area (Å²) in [6.07, 6.45) is 7.94. The molecule has 2 saturated carbocycles. The van der Waals surface area contributed by atoms with Crippen molar-refractivity contribution in [3.8, 4) is 11.5 Å². The fourth-order valence-corrected chi connectivity index (χ4v) is 4.29. The van der Waals surface area contributed by atoms with Crippen LogP contribution in [0.4, 0.5) is 0 Å². The van der Waals surface area contributed by atoms with Crippen LogP contribution in [-0.2, 0) is 6.54 Å². The van der Waals surface area contributed by atoms with E-state index in [0.717, 1.165) is 35.7 Å². The van der Waals surface area contributed by atoms with Gasteiger partial charge in [-0.25, -0.2) is 9.50 Å². The summed E-state index contributed by atoms with van der Waals surface area (Å²) in [6, 6.07) is 4.81. The first-order chi connectivity index (χ1) is 14.1. The molecule has 29 heavy (non-hydrogen) atoms. The summed E-state index contributed by atoms with van der Waals surface area (Å²) in [5.41, 5.74) is 5.42. The Bertz CT molecular complexity index is 1230. The van der Waals surface area contributed by atoms with Gasteiger partial charge in [0.05, 0.1) is 17.9 Å². The Morgan fingerprint density at radius 3 is 2.72 bits per heavy atom. The minimum Gasteiger partial charge on any atom is -0.269 e. The van der Waals surface area contributed by atoms with Gasteiger partial charge in [-0.3, -0.25) is 9.36 Å². The van der Waals surface area contributed by atoms with Crippen LogP contribution in [-0.4, -0.2) is 39.1 Å². The maximum atomic E-state index is 4.89. The molecule has 2 aliphatic rings. The fraction of sp³-hybridized carbons (Fsp3) is 0.476. The van der Waals surface area contributed by atoms with Crippen molar-refractivity contribution in [2.24, 2.45) is 0 Å². The van der Waals surface area contributed by atoms with Gasteiger partial charge in [-0.2, -0.15) is 15.2 Å². The molecule has 0 N–H and O–H groups in total. The highest BCUT2D eigenvalue weighted by atomic mass is 15.4. The lowest BCUT2D eigenvalue weighted by Gasteiger charge is -1.99. The molecule has 0 aromatic carbocycles. The van der Waals surface area contributed by atoms with Gasteiger partial charge in [-0.05, 0) is 63.6 Å². The van der Waals surface area contributed by atoms with Crippen molar-refractivity contribution in [2.75, 3.05) is 0 Å². The van der Waals surface area contributed by atoms with Gasteiger partial charge in [0.25, 0.3) is 5.78 Å². The molecular weight excluding hydrogens is 364 g/mol. The number of nitrogens with zero attached hydrogens (tertiary/aromatic N) is 8. The number of hydrogen-bond acceptors (Lipinski definition) is 5. The highest BCUT2D eigenvalue weighted by molar-refractivity contribution is 5.54. The second-order valence-corrected chi connectivity index (χ2v) is 8.39. The first kappa shape index (κ1) is 16.9. The van der Waals surface area contributed by atoms with Crippen LogP contribution in [0.2, 0.25) is 0 Å². The first-order valence-corrected chi connectivity index (χ1v) is 10.4. The Hall–Kier alpha value is -3.03. The van der Waals surface area contributed by atoms with Crippen LogP contribution in [0.5, 0.6) is 0 Å². The molecule has 8 nitrogen and oxygen atoms in total. The summed E-state index contributed by atoms with van der Waals surface area (Å²) < 4.78 is 5.95. The van der Waals surface area contributed by atoms with Gasteiger partial charge in [0.2, 0.25) is 5.82 Å². The van der Waals surface area contributed by atoms with Crippen molar-refractivity contribution >= 4 is 5.78 Å². The lowest BCUT2D eigenvalue weighted by Crippen LogP contribution is -2.01. The quantitative estimate of drug-likeness (QED) is 0.523. The SMILES string of the molecule is CCn1nc([C@H]2C[C@@H]2c2cnn(C3CC3)c2)cc1-c1nc2nc(C)cc(C)n2n1. The number of hydrogen-bond donors (Lipinski definition) is 0. The summed E-state index contributed by atoms with van der Waals surface area (Å²) in [6.45, 7) is 6.90. The van der Waals surface area contributed by atoms with E-state index in [1.807, 2.05) is 30.8 Å². The van der Waals surface area contributed by atoms with E-state index in [4.69, 9.17) is 10.2 Å². The number of aryl methyl sites for hydroxylation is 3. The fourth-order valence-electron chi connectivity index (χ4n) is 4.29. The van der Waals surface area contributed by atoms with Crippen LogP contribution < -0.4 is 0 Å². The predicted molar refractivity (Wildman–Crippen MR) is 108 cm³/mol. The summed E-state index contributed by atoms with van der Waals surface area (Å²) in [7, 11) is 0. The minimum absolute atomic E-state index is 0.456. The van der Waals surface area contributed by atoms with Crippen molar-refractivity contribution in [1.29, 1.82) is 0 Å². The number of fused-ring (bicyclic) bond motifs is 1. The molecule has 2 fully saturated rings. The molecule has 2 aliphatic carbocycles. The van der Waals surface area contributed by atoms with Crippen LogP contribution in [0.25, 0.3) is 17.3 Å². The summed E-state index contributed by atoms with van der Waals surface area (Å²) in [5.74, 6) is 2.30. The molecule has 0 amide bonds. The summed E-state index contributed by atoms with van der Waals surface area (Å²) in [4.78, 5) is 9.20. The van der Waals surface area contributed by atoms with Crippen LogP contribution in [0, 0.1) is 13.8 Å². The molecule has 148 valence electrons. The summed E-state index contributed by atoms with van der Waals surface area (Å²) in [5, 5.41) is 14.1. The molecule has 0 spiro atoms. The molecule has 4 aromatic rings. The molecule has 0 radical (unpaired) electrons. The zero-order chi connectivity index (χ0) is 19.7. The Balaban J connectivity index is 1.32. The molecular formula is C21H24N8. The molecule has 4 aromatic heterocycles. The van der Waals surface area contributed by atoms with Gasteiger partial charge in [0.15, 0.2) is 0 Å². The Labute approximate surface area is 168 Å². The van der Waals surface area contributed by atoms with Crippen LogP contribution in [0.15, 0.2) is 24.5 Å². The largest absolute Gasteiger partial charge is 0.269 e. The van der Waals surface area contributed by atoms with E-state index in [2.05, 4.69) is 38.9 Å². The maximum absolute atomic E-state index is 4.89. The second kappa shape index (κ2) is 5.98. The Morgan fingerprint density at radius 2 is 1.93 bits per heavy atom. The normalized spacial score (nSPS) is 21.2.